The molecular weight excluding hydrogens is 374 g/mol. The van der Waals surface area contributed by atoms with Crippen LogP contribution in [0.3, 0.4) is 0 Å². The number of carbonyl (C=O) groups is 1. The van der Waals surface area contributed by atoms with Gasteiger partial charge in [-0.3, -0.25) is 9.69 Å². The third kappa shape index (κ3) is 4.93. The van der Waals surface area contributed by atoms with E-state index < -0.39 is 10.0 Å². The van der Waals surface area contributed by atoms with Crippen molar-refractivity contribution in [2.75, 3.05) is 26.0 Å². The average molecular weight is 408 g/mol. The fraction of sp³-hybridized carbons (Fsp3) is 0.667. The van der Waals surface area contributed by atoms with Crippen molar-refractivity contribution in [1.82, 2.24) is 9.21 Å². The van der Waals surface area contributed by atoms with Crippen LogP contribution in [-0.4, -0.2) is 56.3 Å². The van der Waals surface area contributed by atoms with Crippen molar-refractivity contribution in [3.63, 3.8) is 0 Å². The molecule has 1 aromatic rings. The van der Waals surface area contributed by atoms with E-state index in [2.05, 4.69) is 10.2 Å². The minimum atomic E-state index is -3.65. The van der Waals surface area contributed by atoms with E-state index in [0.29, 0.717) is 11.7 Å². The van der Waals surface area contributed by atoms with Gasteiger partial charge in [0, 0.05) is 19.1 Å². The van der Waals surface area contributed by atoms with Crippen molar-refractivity contribution >= 4 is 21.6 Å². The molecule has 0 saturated heterocycles. The summed E-state index contributed by atoms with van der Waals surface area (Å²) in [6.07, 6.45) is 9.78. The number of sulfonamides is 1. The van der Waals surface area contributed by atoms with Crippen LogP contribution < -0.4 is 5.32 Å². The highest BCUT2D eigenvalue weighted by molar-refractivity contribution is 7.89. The lowest BCUT2D eigenvalue weighted by Gasteiger charge is -2.31. The molecule has 0 radical (unpaired) electrons. The van der Waals surface area contributed by atoms with Crippen LogP contribution >= 0.6 is 0 Å². The highest BCUT2D eigenvalue weighted by Crippen LogP contribution is 2.30. The van der Waals surface area contributed by atoms with Crippen molar-refractivity contribution in [3.05, 3.63) is 24.3 Å². The van der Waals surface area contributed by atoms with Crippen LogP contribution in [0.25, 0.3) is 0 Å². The fourth-order valence-corrected chi connectivity index (χ4v) is 6.04. The molecule has 0 unspecified atom stereocenters. The summed E-state index contributed by atoms with van der Waals surface area (Å²) in [7, 11) is -0.0222. The monoisotopic (exact) mass is 407 g/mol. The van der Waals surface area contributed by atoms with Crippen LogP contribution in [0.5, 0.6) is 0 Å². The number of hydrogen-bond donors (Lipinski definition) is 1. The Morgan fingerprint density at radius 1 is 0.964 bits per heavy atom. The molecule has 28 heavy (non-hydrogen) atoms. The van der Waals surface area contributed by atoms with Crippen LogP contribution in [0.4, 0.5) is 5.69 Å². The molecule has 1 aromatic carbocycles. The first-order valence-corrected chi connectivity index (χ1v) is 11.9. The first-order valence-electron chi connectivity index (χ1n) is 10.5. The number of carbonyl (C=O) groups excluding carboxylic acids is 1. The van der Waals surface area contributed by atoms with E-state index in [-0.39, 0.29) is 23.4 Å². The fourth-order valence-electron chi connectivity index (χ4n) is 4.48. The molecule has 6 nitrogen and oxygen atoms in total. The molecule has 1 amide bonds. The Bertz CT molecular complexity index is 769. The van der Waals surface area contributed by atoms with Crippen molar-refractivity contribution in [1.29, 1.82) is 0 Å². The molecule has 2 saturated carbocycles. The molecule has 0 spiro atoms. The van der Waals surface area contributed by atoms with Gasteiger partial charge in [-0.25, -0.2) is 8.42 Å². The maximum atomic E-state index is 13.2. The van der Waals surface area contributed by atoms with Crippen LogP contribution in [0.2, 0.25) is 0 Å². The van der Waals surface area contributed by atoms with E-state index in [1.54, 1.807) is 31.3 Å². The second-order valence-corrected chi connectivity index (χ2v) is 10.2. The SMILES string of the molecule is CN(CC(=O)Nc1ccccc1S(=O)(=O)N(C)C1CCCCC1)C1CCCC1. The largest absolute Gasteiger partial charge is 0.324 e. The smallest absolute Gasteiger partial charge is 0.245 e. The van der Waals surface area contributed by atoms with Gasteiger partial charge in [-0.15, -0.1) is 0 Å². The van der Waals surface area contributed by atoms with Gasteiger partial charge in [0.25, 0.3) is 0 Å². The second kappa shape index (κ2) is 9.37. The van der Waals surface area contributed by atoms with Crippen molar-refractivity contribution in [3.8, 4) is 0 Å². The highest BCUT2D eigenvalue weighted by atomic mass is 32.2. The Kier molecular flexibility index (Phi) is 7.12. The molecule has 1 N–H and O–H groups in total. The quantitative estimate of drug-likeness (QED) is 0.752. The zero-order chi connectivity index (χ0) is 20.1. The van der Waals surface area contributed by atoms with E-state index in [0.717, 1.165) is 38.5 Å². The van der Waals surface area contributed by atoms with Crippen molar-refractivity contribution in [2.24, 2.45) is 0 Å². The van der Waals surface area contributed by atoms with Gasteiger partial charge < -0.3 is 5.32 Å². The summed E-state index contributed by atoms with van der Waals surface area (Å²) in [5.41, 5.74) is 0.370. The van der Waals surface area contributed by atoms with Gasteiger partial charge in [-0.1, -0.05) is 44.2 Å². The van der Waals surface area contributed by atoms with E-state index >= 15 is 0 Å². The molecule has 3 rings (SSSR count). The third-order valence-corrected chi connectivity index (χ3v) is 8.22. The van der Waals surface area contributed by atoms with E-state index in [9.17, 15) is 13.2 Å². The number of hydrogen-bond acceptors (Lipinski definition) is 4. The summed E-state index contributed by atoms with van der Waals surface area (Å²) in [6.45, 7) is 0.275. The maximum absolute atomic E-state index is 13.2. The number of benzene rings is 1. The maximum Gasteiger partial charge on any atom is 0.245 e. The number of para-hydroxylation sites is 1. The van der Waals surface area contributed by atoms with Crippen molar-refractivity contribution in [2.45, 2.75) is 74.8 Å². The Hall–Kier alpha value is -1.44. The van der Waals surface area contributed by atoms with Gasteiger partial charge in [-0.2, -0.15) is 4.31 Å². The Labute approximate surface area is 169 Å². The molecule has 0 heterocycles. The van der Waals surface area contributed by atoms with Crippen LogP contribution in [0, 0.1) is 0 Å². The molecule has 0 atom stereocenters. The zero-order valence-electron chi connectivity index (χ0n) is 17.1. The Balaban J connectivity index is 1.71. The molecule has 0 aromatic heterocycles. The van der Waals surface area contributed by atoms with Crippen molar-refractivity contribution < 1.29 is 13.2 Å². The molecule has 0 bridgehead atoms. The minimum Gasteiger partial charge on any atom is -0.324 e. The van der Waals surface area contributed by atoms with Crippen LogP contribution in [0.1, 0.15) is 57.8 Å². The number of likely N-dealkylation sites (N-methyl/N-ethyl adjacent to an activating group) is 1. The summed E-state index contributed by atoms with van der Waals surface area (Å²) in [5.74, 6) is -0.169. The van der Waals surface area contributed by atoms with Gasteiger partial charge in [0.2, 0.25) is 15.9 Å². The van der Waals surface area contributed by atoms with Crippen LogP contribution in [-0.2, 0) is 14.8 Å². The number of nitrogens with one attached hydrogen (secondary N) is 1. The predicted octanol–water partition coefficient (Wildman–Crippen LogP) is 3.45. The van der Waals surface area contributed by atoms with Gasteiger partial charge >= 0.3 is 0 Å². The number of amides is 1. The lowest BCUT2D eigenvalue weighted by atomic mass is 9.96. The number of nitrogens with zero attached hydrogens (tertiary/aromatic N) is 2. The summed E-state index contributed by atoms with van der Waals surface area (Å²) >= 11 is 0. The van der Waals surface area contributed by atoms with E-state index in [4.69, 9.17) is 0 Å². The molecule has 2 fully saturated rings. The zero-order valence-corrected chi connectivity index (χ0v) is 17.9. The molecule has 2 aliphatic carbocycles. The first kappa shape index (κ1) is 21.3. The Morgan fingerprint density at radius 2 is 1.54 bits per heavy atom. The average Bonchev–Trinajstić information content (AvgIpc) is 3.23. The summed E-state index contributed by atoms with van der Waals surface area (Å²) < 4.78 is 28.0. The van der Waals surface area contributed by atoms with Gasteiger partial charge in [0.1, 0.15) is 4.90 Å². The van der Waals surface area contributed by atoms with Gasteiger partial charge in [0.05, 0.1) is 12.2 Å². The first-order chi connectivity index (χ1) is 13.4. The number of anilines is 1. The minimum absolute atomic E-state index is 0.0380. The molecule has 156 valence electrons. The molecule has 0 aliphatic heterocycles. The summed E-state index contributed by atoms with van der Waals surface area (Å²) in [4.78, 5) is 14.8. The summed E-state index contributed by atoms with van der Waals surface area (Å²) in [6, 6.07) is 7.22. The van der Waals surface area contributed by atoms with E-state index in [1.165, 1.54) is 23.6 Å². The second-order valence-electron chi connectivity index (χ2n) is 8.21. The standard InChI is InChI=1S/C21H33N3O3S/c1-23(17-10-6-7-11-17)16-21(25)22-19-14-8-9-15-20(19)28(26,27)24(2)18-12-4-3-5-13-18/h8-9,14-15,17-18H,3-7,10-13,16H2,1-2H3,(H,22,25). The lowest BCUT2D eigenvalue weighted by molar-refractivity contribution is -0.117. The van der Waals surface area contributed by atoms with Crippen LogP contribution in [0.15, 0.2) is 29.2 Å². The molecular formula is C21H33N3O3S. The van der Waals surface area contributed by atoms with Gasteiger partial charge in [-0.05, 0) is 44.9 Å². The normalized spacial score (nSPS) is 19.4. The van der Waals surface area contributed by atoms with E-state index in [1.807, 2.05) is 7.05 Å². The summed E-state index contributed by atoms with van der Waals surface area (Å²) in [5, 5.41) is 2.84. The highest BCUT2D eigenvalue weighted by Gasteiger charge is 2.31. The third-order valence-electron chi connectivity index (χ3n) is 6.25. The molecule has 2 aliphatic rings. The van der Waals surface area contributed by atoms with Gasteiger partial charge in [0.15, 0.2) is 0 Å². The Morgan fingerprint density at radius 3 is 2.21 bits per heavy atom. The predicted molar refractivity (Wildman–Crippen MR) is 112 cm³/mol. The lowest BCUT2D eigenvalue weighted by Crippen LogP contribution is -2.39. The topological polar surface area (TPSA) is 69.7 Å². The number of rotatable bonds is 7. The molecule has 7 heteroatoms.